The second-order valence-corrected chi connectivity index (χ2v) is 7.15. The lowest BCUT2D eigenvalue weighted by Gasteiger charge is -2.31. The van der Waals surface area contributed by atoms with Crippen molar-refractivity contribution in [1.82, 2.24) is 9.97 Å². The van der Waals surface area contributed by atoms with Gasteiger partial charge in [0.1, 0.15) is 11.4 Å². The Morgan fingerprint density at radius 3 is 2.50 bits per heavy atom. The van der Waals surface area contributed by atoms with Crippen LogP contribution in [-0.4, -0.2) is 21.1 Å². The Morgan fingerprint density at radius 2 is 1.88 bits per heavy atom. The maximum Gasteiger partial charge on any atom is 0.446 e. The number of alkyl halides is 3. The molecule has 0 fully saturated rings. The van der Waals surface area contributed by atoms with Crippen molar-refractivity contribution in [3.63, 3.8) is 0 Å². The zero-order valence-electron chi connectivity index (χ0n) is 13.3. The van der Waals surface area contributed by atoms with Crippen LogP contribution < -0.4 is 4.74 Å². The molecule has 3 rings (SSSR count). The van der Waals surface area contributed by atoms with E-state index in [0.29, 0.717) is 17.0 Å². The molecule has 0 N–H and O–H groups in total. The van der Waals surface area contributed by atoms with Crippen LogP contribution in [0.4, 0.5) is 13.2 Å². The van der Waals surface area contributed by atoms with Gasteiger partial charge in [0.15, 0.2) is 0 Å². The molecule has 0 bridgehead atoms. The Hall–Kier alpha value is -2.02. The van der Waals surface area contributed by atoms with Gasteiger partial charge in [0.05, 0.1) is 17.6 Å². The molecule has 0 radical (unpaired) electrons. The maximum atomic E-state index is 12.7. The number of halogens is 3. The van der Waals surface area contributed by atoms with E-state index in [-0.39, 0.29) is 16.7 Å². The lowest BCUT2D eigenvalue weighted by Crippen LogP contribution is -2.29. The third kappa shape index (κ3) is 3.72. The van der Waals surface area contributed by atoms with Crippen LogP contribution in [0.5, 0.6) is 5.75 Å². The Kier molecular flexibility index (Phi) is 4.07. The van der Waals surface area contributed by atoms with Crippen molar-refractivity contribution < 1.29 is 17.9 Å². The molecule has 1 aliphatic heterocycles. The first-order valence-electron chi connectivity index (χ1n) is 7.24. The molecule has 0 saturated carbocycles. The number of aryl methyl sites for hydroxylation is 1. The molecular weight excluding hydrogens is 337 g/mol. The molecule has 0 spiro atoms. The van der Waals surface area contributed by atoms with Crippen LogP contribution in [0.3, 0.4) is 0 Å². The van der Waals surface area contributed by atoms with Gasteiger partial charge in [0.25, 0.3) is 0 Å². The van der Waals surface area contributed by atoms with Crippen molar-refractivity contribution >= 4 is 17.3 Å². The molecule has 126 valence electrons. The summed E-state index contributed by atoms with van der Waals surface area (Å²) < 4.78 is 43.8. The monoisotopic (exact) mass is 352 g/mol. The van der Waals surface area contributed by atoms with Crippen molar-refractivity contribution in [1.29, 1.82) is 0 Å². The topological polar surface area (TPSA) is 35.0 Å². The first-order chi connectivity index (χ1) is 11.1. The predicted octanol–water partition coefficient (Wildman–Crippen LogP) is 5.00. The third-order valence-electron chi connectivity index (χ3n) is 3.40. The summed E-state index contributed by atoms with van der Waals surface area (Å²) in [6, 6.07) is 4.46. The van der Waals surface area contributed by atoms with E-state index in [1.54, 1.807) is 18.5 Å². The van der Waals surface area contributed by atoms with Gasteiger partial charge < -0.3 is 4.74 Å². The van der Waals surface area contributed by atoms with E-state index >= 15 is 0 Å². The minimum atomic E-state index is -4.34. The molecule has 3 nitrogen and oxygen atoms in total. The number of rotatable bonds is 2. The van der Waals surface area contributed by atoms with E-state index in [9.17, 15) is 13.2 Å². The quantitative estimate of drug-likeness (QED) is 0.713. The van der Waals surface area contributed by atoms with Crippen molar-refractivity contribution in [2.75, 3.05) is 0 Å². The van der Waals surface area contributed by atoms with Gasteiger partial charge in [0.2, 0.25) is 0 Å². The van der Waals surface area contributed by atoms with Crippen LogP contribution in [0.2, 0.25) is 0 Å². The summed E-state index contributed by atoms with van der Waals surface area (Å²) in [7, 11) is 0. The Labute approximate surface area is 142 Å². The van der Waals surface area contributed by atoms with Crippen LogP contribution in [0.15, 0.2) is 41.6 Å². The van der Waals surface area contributed by atoms with Crippen molar-refractivity contribution in [3.8, 4) is 5.75 Å². The van der Waals surface area contributed by atoms with E-state index in [2.05, 4.69) is 9.97 Å². The average molecular weight is 352 g/mol. The summed E-state index contributed by atoms with van der Waals surface area (Å²) in [5.74, 6) is 0.534. The largest absolute Gasteiger partial charge is 0.483 e. The second-order valence-electron chi connectivity index (χ2n) is 6.01. The molecule has 1 aliphatic rings. The zero-order chi connectivity index (χ0) is 17.5. The number of thioether (sulfide) groups is 1. The van der Waals surface area contributed by atoms with Gasteiger partial charge in [-0.15, -0.1) is 0 Å². The summed E-state index contributed by atoms with van der Waals surface area (Å²) in [6.45, 7) is 5.59. The fraction of sp³-hybridized carbons (Fsp3) is 0.294. The van der Waals surface area contributed by atoms with Gasteiger partial charge in [0, 0.05) is 22.2 Å². The standard InChI is InChI=1S/C17H15F3N2OS/c1-10-8-22-14(9-21-10)13-7-16(2,3)23-15-5-4-11(6-12(13)15)24-17(18,19)20/h4-9H,1-3H3. The van der Waals surface area contributed by atoms with E-state index in [1.165, 1.54) is 12.1 Å². The third-order valence-corrected chi connectivity index (χ3v) is 4.12. The molecule has 2 aromatic rings. The number of nitrogens with zero attached hydrogens (tertiary/aromatic N) is 2. The summed E-state index contributed by atoms with van der Waals surface area (Å²) in [5, 5.41) is 0. The molecule has 0 aliphatic carbocycles. The minimum absolute atomic E-state index is 0.107. The predicted molar refractivity (Wildman–Crippen MR) is 86.9 cm³/mol. The van der Waals surface area contributed by atoms with E-state index in [4.69, 9.17) is 4.74 Å². The highest BCUT2D eigenvalue weighted by Crippen LogP contribution is 2.43. The van der Waals surface area contributed by atoms with Gasteiger partial charge in [-0.1, -0.05) is 0 Å². The van der Waals surface area contributed by atoms with Crippen LogP contribution >= 0.6 is 11.8 Å². The Bertz CT molecular complexity index is 798. The van der Waals surface area contributed by atoms with Crippen LogP contribution in [-0.2, 0) is 0 Å². The van der Waals surface area contributed by atoms with Gasteiger partial charge in [-0.3, -0.25) is 9.97 Å². The van der Waals surface area contributed by atoms with Crippen LogP contribution in [0.1, 0.15) is 30.8 Å². The molecule has 0 amide bonds. The smallest absolute Gasteiger partial charge is 0.446 e. The molecule has 7 heteroatoms. The SMILES string of the molecule is Cc1cnc(C2=CC(C)(C)Oc3ccc(SC(F)(F)F)cc32)cn1. The van der Waals surface area contributed by atoms with Crippen LogP contribution in [0.25, 0.3) is 5.57 Å². The lowest BCUT2D eigenvalue weighted by atomic mass is 9.93. The highest BCUT2D eigenvalue weighted by atomic mass is 32.2. The highest BCUT2D eigenvalue weighted by Gasteiger charge is 2.32. The summed E-state index contributed by atoms with van der Waals surface area (Å²) in [4.78, 5) is 8.69. The van der Waals surface area contributed by atoms with E-state index in [0.717, 1.165) is 11.3 Å². The normalized spacial score (nSPS) is 16.2. The van der Waals surface area contributed by atoms with Crippen molar-refractivity contribution in [2.45, 2.75) is 36.8 Å². The molecule has 0 saturated heterocycles. The molecule has 2 heterocycles. The molecule has 0 unspecified atom stereocenters. The van der Waals surface area contributed by atoms with Gasteiger partial charge >= 0.3 is 5.51 Å². The van der Waals surface area contributed by atoms with Crippen molar-refractivity contribution in [3.05, 3.63) is 53.6 Å². The molecule has 0 atom stereocenters. The fourth-order valence-corrected chi connectivity index (χ4v) is 3.07. The highest BCUT2D eigenvalue weighted by molar-refractivity contribution is 8.00. The molecule has 1 aromatic heterocycles. The van der Waals surface area contributed by atoms with E-state index < -0.39 is 11.1 Å². The average Bonchev–Trinajstić information content (AvgIpc) is 2.45. The van der Waals surface area contributed by atoms with Gasteiger partial charge in [-0.25, -0.2) is 0 Å². The Morgan fingerprint density at radius 1 is 1.12 bits per heavy atom. The number of benzene rings is 1. The number of aromatic nitrogens is 2. The first-order valence-corrected chi connectivity index (χ1v) is 8.06. The minimum Gasteiger partial charge on any atom is -0.483 e. The fourth-order valence-electron chi connectivity index (χ4n) is 2.49. The lowest BCUT2D eigenvalue weighted by molar-refractivity contribution is -0.0328. The van der Waals surface area contributed by atoms with Gasteiger partial charge in [-0.05, 0) is 56.8 Å². The first kappa shape index (κ1) is 16.8. The zero-order valence-corrected chi connectivity index (χ0v) is 14.1. The second kappa shape index (κ2) is 5.81. The van der Waals surface area contributed by atoms with Crippen LogP contribution in [0, 0.1) is 6.92 Å². The summed E-state index contributed by atoms with van der Waals surface area (Å²) >= 11 is -0.146. The van der Waals surface area contributed by atoms with Gasteiger partial charge in [-0.2, -0.15) is 13.2 Å². The maximum absolute atomic E-state index is 12.7. The molecule has 1 aromatic carbocycles. The number of fused-ring (bicyclic) bond motifs is 1. The molecular formula is C17H15F3N2OS. The Balaban J connectivity index is 2.10. The summed E-state index contributed by atoms with van der Waals surface area (Å²) in [6.07, 6.45) is 5.11. The van der Waals surface area contributed by atoms with E-state index in [1.807, 2.05) is 26.8 Å². The number of hydrogen-bond donors (Lipinski definition) is 0. The number of ether oxygens (including phenoxy) is 1. The van der Waals surface area contributed by atoms with Crippen molar-refractivity contribution in [2.24, 2.45) is 0 Å². The molecule has 24 heavy (non-hydrogen) atoms. The number of hydrogen-bond acceptors (Lipinski definition) is 4. The summed E-state index contributed by atoms with van der Waals surface area (Å²) in [5.41, 5.74) is -2.25.